The molecule has 0 saturated heterocycles. The Hall–Kier alpha value is -3.33. The molecule has 1 amide bonds. The largest absolute Gasteiger partial charge is 0.416 e. The minimum Gasteiger partial charge on any atom is -0.322 e. The lowest BCUT2D eigenvalue weighted by molar-refractivity contribution is -0.137. The summed E-state index contributed by atoms with van der Waals surface area (Å²) >= 11 is 0. The Morgan fingerprint density at radius 2 is 1.62 bits per heavy atom. The summed E-state index contributed by atoms with van der Waals surface area (Å²) in [5, 5.41) is 2.43. The average Bonchev–Trinajstić information content (AvgIpc) is 2.72. The Balaban J connectivity index is 1.81. The van der Waals surface area contributed by atoms with Crippen molar-refractivity contribution in [3.8, 4) is 0 Å². The number of amides is 1. The van der Waals surface area contributed by atoms with Gasteiger partial charge in [0.05, 0.1) is 24.1 Å². The Kier molecular flexibility index (Phi) is 6.59. The summed E-state index contributed by atoms with van der Waals surface area (Å²) in [7, 11) is -3.61. The number of halogens is 3. The van der Waals surface area contributed by atoms with Crippen molar-refractivity contribution in [2.45, 2.75) is 19.6 Å². The summed E-state index contributed by atoms with van der Waals surface area (Å²) in [6, 6.07) is 17.6. The highest BCUT2D eigenvalue weighted by Crippen LogP contribution is 2.31. The van der Waals surface area contributed by atoms with Crippen molar-refractivity contribution in [3.05, 3.63) is 95.1 Å². The summed E-state index contributed by atoms with van der Waals surface area (Å²) < 4.78 is 64.6. The van der Waals surface area contributed by atoms with Gasteiger partial charge in [0.15, 0.2) is 0 Å². The van der Waals surface area contributed by atoms with Crippen molar-refractivity contribution < 1.29 is 26.4 Å². The molecule has 0 heterocycles. The fourth-order valence-electron chi connectivity index (χ4n) is 3.10. The summed E-state index contributed by atoms with van der Waals surface area (Å²) in [5.74, 6) is -0.610. The van der Waals surface area contributed by atoms with Gasteiger partial charge in [-0.15, -0.1) is 0 Å². The van der Waals surface area contributed by atoms with Crippen LogP contribution in [0, 0.1) is 6.92 Å². The van der Waals surface area contributed by atoms with Gasteiger partial charge in [-0.1, -0.05) is 30.3 Å². The van der Waals surface area contributed by atoms with E-state index in [4.69, 9.17) is 0 Å². The minimum absolute atomic E-state index is 0.00576. The first kappa shape index (κ1) is 23.3. The third-order valence-electron chi connectivity index (χ3n) is 4.84. The second-order valence-corrected chi connectivity index (χ2v) is 9.18. The van der Waals surface area contributed by atoms with Gasteiger partial charge in [-0.2, -0.15) is 13.2 Å². The maximum absolute atomic E-state index is 12.9. The minimum atomic E-state index is -4.52. The lowest BCUT2D eigenvalue weighted by Gasteiger charge is -2.23. The number of nitrogens with one attached hydrogen (secondary N) is 1. The quantitative estimate of drug-likeness (QED) is 0.545. The molecule has 5 nitrogen and oxygen atoms in total. The number of aryl methyl sites for hydroxylation is 1. The molecule has 0 atom stereocenters. The van der Waals surface area contributed by atoms with Crippen molar-refractivity contribution in [3.63, 3.8) is 0 Å². The molecule has 0 saturated carbocycles. The number of benzene rings is 3. The van der Waals surface area contributed by atoms with Crippen LogP contribution in [0.5, 0.6) is 0 Å². The van der Waals surface area contributed by atoms with Gasteiger partial charge in [0.25, 0.3) is 5.91 Å². The van der Waals surface area contributed by atoms with Crippen molar-refractivity contribution in [1.29, 1.82) is 0 Å². The van der Waals surface area contributed by atoms with Gasteiger partial charge in [-0.3, -0.25) is 9.10 Å². The summed E-state index contributed by atoms with van der Waals surface area (Å²) in [5.41, 5.74) is 1.46. The van der Waals surface area contributed by atoms with Crippen LogP contribution in [-0.2, 0) is 22.7 Å². The molecule has 1 N–H and O–H groups in total. The van der Waals surface area contributed by atoms with E-state index in [1.54, 1.807) is 0 Å². The molecule has 0 bridgehead atoms. The van der Waals surface area contributed by atoms with Crippen LogP contribution >= 0.6 is 0 Å². The number of hydrogen-bond acceptors (Lipinski definition) is 3. The van der Waals surface area contributed by atoms with Crippen LogP contribution in [-0.4, -0.2) is 20.6 Å². The third kappa shape index (κ3) is 5.67. The average molecular weight is 462 g/mol. The second kappa shape index (κ2) is 9.04. The zero-order valence-corrected chi connectivity index (χ0v) is 18.2. The fourth-order valence-corrected chi connectivity index (χ4v) is 3.98. The standard InChI is InChI=1S/C23H21F3N2O3S/c1-16-6-3-4-7-18(16)15-28(32(2,30)31)21-12-10-17(11-13-21)22(29)27-20-9-5-8-19(14-20)23(24,25)26/h3-14H,15H2,1-2H3,(H,27,29). The van der Waals surface area contributed by atoms with Crippen LogP contribution in [0.2, 0.25) is 0 Å². The van der Waals surface area contributed by atoms with Crippen molar-refractivity contribution in [2.75, 3.05) is 15.9 Å². The molecular formula is C23H21F3N2O3S. The van der Waals surface area contributed by atoms with E-state index in [2.05, 4.69) is 5.32 Å². The molecule has 0 fully saturated rings. The van der Waals surface area contributed by atoms with Gasteiger partial charge in [0.1, 0.15) is 0 Å². The topological polar surface area (TPSA) is 66.5 Å². The summed E-state index contributed by atoms with van der Waals surface area (Å²) in [4.78, 5) is 12.5. The van der Waals surface area contributed by atoms with E-state index in [9.17, 15) is 26.4 Å². The normalized spacial score (nSPS) is 11.8. The molecule has 0 aromatic heterocycles. The monoisotopic (exact) mass is 462 g/mol. The highest BCUT2D eigenvalue weighted by atomic mass is 32.2. The second-order valence-electron chi connectivity index (χ2n) is 7.28. The fraction of sp³-hybridized carbons (Fsp3) is 0.174. The van der Waals surface area contributed by atoms with E-state index in [0.29, 0.717) is 5.69 Å². The zero-order valence-electron chi connectivity index (χ0n) is 17.3. The number of hydrogen-bond donors (Lipinski definition) is 1. The maximum atomic E-state index is 12.9. The molecule has 3 rings (SSSR count). The first-order chi connectivity index (χ1) is 14.9. The lowest BCUT2D eigenvalue weighted by atomic mass is 10.1. The summed E-state index contributed by atoms with van der Waals surface area (Å²) in [6.07, 6.45) is -3.42. The molecule has 0 unspecified atom stereocenters. The number of alkyl halides is 3. The van der Waals surface area contributed by atoms with Gasteiger partial charge < -0.3 is 5.32 Å². The zero-order chi connectivity index (χ0) is 23.5. The SMILES string of the molecule is Cc1ccccc1CN(c1ccc(C(=O)Nc2cccc(C(F)(F)F)c2)cc1)S(C)(=O)=O. The molecule has 0 radical (unpaired) electrons. The van der Waals surface area contributed by atoms with Crippen LogP contribution in [0.3, 0.4) is 0 Å². The highest BCUT2D eigenvalue weighted by Gasteiger charge is 2.30. The number of rotatable bonds is 6. The van der Waals surface area contributed by atoms with Gasteiger partial charge in [0.2, 0.25) is 10.0 Å². The van der Waals surface area contributed by atoms with Gasteiger partial charge in [0, 0.05) is 11.3 Å². The number of carbonyl (C=O) groups excluding carboxylic acids is 1. The molecule has 3 aromatic rings. The van der Waals surface area contributed by atoms with Crippen LogP contribution < -0.4 is 9.62 Å². The van der Waals surface area contributed by atoms with Crippen LogP contribution in [0.1, 0.15) is 27.0 Å². The van der Waals surface area contributed by atoms with E-state index in [0.717, 1.165) is 29.5 Å². The van der Waals surface area contributed by atoms with Crippen molar-refractivity contribution in [2.24, 2.45) is 0 Å². The van der Waals surface area contributed by atoms with Crippen LogP contribution in [0.15, 0.2) is 72.8 Å². The first-order valence-electron chi connectivity index (χ1n) is 9.56. The Bertz CT molecular complexity index is 1220. The van der Waals surface area contributed by atoms with E-state index >= 15 is 0 Å². The number of anilines is 2. The first-order valence-corrected chi connectivity index (χ1v) is 11.4. The maximum Gasteiger partial charge on any atom is 0.416 e. The van der Waals surface area contributed by atoms with E-state index in [1.807, 2.05) is 31.2 Å². The number of sulfonamides is 1. The molecule has 0 aliphatic rings. The van der Waals surface area contributed by atoms with Gasteiger partial charge in [-0.05, 0) is 60.5 Å². The molecule has 3 aromatic carbocycles. The predicted octanol–water partition coefficient (Wildman–Crippen LogP) is 5.23. The highest BCUT2D eigenvalue weighted by molar-refractivity contribution is 7.92. The van der Waals surface area contributed by atoms with Crippen LogP contribution in [0.25, 0.3) is 0 Å². The molecule has 168 valence electrons. The van der Waals surface area contributed by atoms with E-state index < -0.39 is 27.7 Å². The van der Waals surface area contributed by atoms with E-state index in [1.165, 1.54) is 40.7 Å². The molecule has 0 aliphatic heterocycles. The molecular weight excluding hydrogens is 441 g/mol. The Morgan fingerprint density at radius 1 is 0.969 bits per heavy atom. The number of nitrogens with zero attached hydrogens (tertiary/aromatic N) is 1. The molecule has 9 heteroatoms. The van der Waals surface area contributed by atoms with Gasteiger partial charge >= 0.3 is 6.18 Å². The smallest absolute Gasteiger partial charge is 0.322 e. The van der Waals surface area contributed by atoms with Crippen LogP contribution in [0.4, 0.5) is 24.5 Å². The van der Waals surface area contributed by atoms with E-state index in [-0.39, 0.29) is 17.8 Å². The van der Waals surface area contributed by atoms with Gasteiger partial charge in [-0.25, -0.2) is 8.42 Å². The predicted molar refractivity (Wildman–Crippen MR) is 118 cm³/mol. The number of carbonyl (C=O) groups is 1. The molecule has 0 aliphatic carbocycles. The molecule has 0 spiro atoms. The summed E-state index contributed by atoms with van der Waals surface area (Å²) in [6.45, 7) is 2.01. The lowest BCUT2D eigenvalue weighted by Crippen LogP contribution is -2.29. The third-order valence-corrected chi connectivity index (χ3v) is 5.98. The Labute approximate surface area is 184 Å². The van der Waals surface area contributed by atoms with Crippen molar-refractivity contribution in [1.82, 2.24) is 0 Å². The Morgan fingerprint density at radius 3 is 2.22 bits per heavy atom. The van der Waals surface area contributed by atoms with Crippen molar-refractivity contribution >= 4 is 27.3 Å². The molecule has 32 heavy (non-hydrogen) atoms.